The SMILES string of the molecule is Cc1noc(C)c1CSc1ccccc1C(=O)Nc1ccn(C)n1. The summed E-state index contributed by atoms with van der Waals surface area (Å²) in [5.74, 6) is 1.88. The summed E-state index contributed by atoms with van der Waals surface area (Å²) >= 11 is 1.59. The van der Waals surface area contributed by atoms with Crippen LogP contribution in [0.5, 0.6) is 0 Å². The minimum atomic E-state index is -0.171. The largest absolute Gasteiger partial charge is 0.361 e. The van der Waals surface area contributed by atoms with Crippen LogP contribution in [0, 0.1) is 13.8 Å². The maximum Gasteiger partial charge on any atom is 0.257 e. The fourth-order valence-corrected chi connectivity index (χ4v) is 3.51. The molecule has 0 saturated carbocycles. The van der Waals surface area contributed by atoms with Crippen molar-refractivity contribution in [2.24, 2.45) is 7.05 Å². The van der Waals surface area contributed by atoms with E-state index in [1.54, 1.807) is 28.7 Å². The minimum absolute atomic E-state index is 0.171. The zero-order chi connectivity index (χ0) is 17.1. The van der Waals surface area contributed by atoms with E-state index in [1.807, 2.05) is 45.2 Å². The lowest BCUT2D eigenvalue weighted by molar-refractivity contribution is 0.102. The molecule has 0 aliphatic rings. The van der Waals surface area contributed by atoms with Gasteiger partial charge in [0.15, 0.2) is 5.82 Å². The summed E-state index contributed by atoms with van der Waals surface area (Å²) in [6.07, 6.45) is 1.79. The van der Waals surface area contributed by atoms with E-state index < -0.39 is 0 Å². The topological polar surface area (TPSA) is 73.0 Å². The molecule has 3 rings (SSSR count). The van der Waals surface area contributed by atoms with Crippen LogP contribution in [0.3, 0.4) is 0 Å². The molecule has 1 N–H and O–H groups in total. The summed E-state index contributed by atoms with van der Waals surface area (Å²) in [5, 5.41) is 11.0. The summed E-state index contributed by atoms with van der Waals surface area (Å²) in [5.41, 5.74) is 2.58. The normalized spacial score (nSPS) is 10.8. The molecule has 3 aromatic rings. The Morgan fingerprint density at radius 2 is 2.08 bits per heavy atom. The third kappa shape index (κ3) is 3.51. The van der Waals surface area contributed by atoms with Gasteiger partial charge in [0.25, 0.3) is 5.91 Å². The first-order valence-corrected chi connectivity index (χ1v) is 8.47. The lowest BCUT2D eigenvalue weighted by Gasteiger charge is -2.08. The third-order valence-corrected chi connectivity index (χ3v) is 4.74. The van der Waals surface area contributed by atoms with Gasteiger partial charge in [-0.05, 0) is 26.0 Å². The van der Waals surface area contributed by atoms with Gasteiger partial charge >= 0.3 is 0 Å². The predicted molar refractivity (Wildman–Crippen MR) is 93.1 cm³/mol. The van der Waals surface area contributed by atoms with Crippen molar-refractivity contribution in [3.63, 3.8) is 0 Å². The number of carbonyl (C=O) groups is 1. The highest BCUT2D eigenvalue weighted by molar-refractivity contribution is 7.98. The molecule has 0 aliphatic carbocycles. The molecule has 0 unspecified atom stereocenters. The van der Waals surface area contributed by atoms with Gasteiger partial charge in [-0.1, -0.05) is 17.3 Å². The van der Waals surface area contributed by atoms with Gasteiger partial charge < -0.3 is 9.84 Å². The second-order valence-corrected chi connectivity index (χ2v) is 6.43. The number of aryl methyl sites for hydroxylation is 3. The van der Waals surface area contributed by atoms with Crippen molar-refractivity contribution in [1.82, 2.24) is 14.9 Å². The Morgan fingerprint density at radius 3 is 2.75 bits per heavy atom. The van der Waals surface area contributed by atoms with Gasteiger partial charge in [0.2, 0.25) is 0 Å². The smallest absolute Gasteiger partial charge is 0.257 e. The summed E-state index contributed by atoms with van der Waals surface area (Å²) in [6.45, 7) is 3.82. The zero-order valence-corrected chi connectivity index (χ0v) is 14.6. The molecule has 1 amide bonds. The molecule has 0 aliphatic heterocycles. The van der Waals surface area contributed by atoms with Crippen molar-refractivity contribution >= 4 is 23.5 Å². The second kappa shape index (κ2) is 6.92. The number of aromatic nitrogens is 3. The fraction of sp³-hybridized carbons (Fsp3) is 0.235. The number of nitrogens with zero attached hydrogens (tertiary/aromatic N) is 3. The van der Waals surface area contributed by atoms with E-state index in [9.17, 15) is 4.79 Å². The molecule has 2 aromatic heterocycles. The van der Waals surface area contributed by atoms with Crippen molar-refractivity contribution in [3.8, 4) is 0 Å². The van der Waals surface area contributed by atoms with Crippen LogP contribution in [0.4, 0.5) is 5.82 Å². The highest BCUT2D eigenvalue weighted by Crippen LogP contribution is 2.29. The number of rotatable bonds is 5. The minimum Gasteiger partial charge on any atom is -0.361 e. The van der Waals surface area contributed by atoms with Crippen molar-refractivity contribution < 1.29 is 9.32 Å². The van der Waals surface area contributed by atoms with Gasteiger partial charge in [0.1, 0.15) is 5.76 Å². The molecular weight excluding hydrogens is 324 g/mol. The van der Waals surface area contributed by atoms with Gasteiger partial charge in [0, 0.05) is 35.5 Å². The monoisotopic (exact) mass is 342 g/mol. The van der Waals surface area contributed by atoms with Crippen LogP contribution < -0.4 is 5.32 Å². The van der Waals surface area contributed by atoms with E-state index in [-0.39, 0.29) is 5.91 Å². The molecule has 1 aromatic carbocycles. The highest BCUT2D eigenvalue weighted by Gasteiger charge is 2.15. The Morgan fingerprint density at radius 1 is 1.29 bits per heavy atom. The molecule has 0 radical (unpaired) electrons. The number of benzene rings is 1. The Bertz CT molecular complexity index is 850. The molecule has 24 heavy (non-hydrogen) atoms. The first-order chi connectivity index (χ1) is 11.5. The summed E-state index contributed by atoms with van der Waals surface area (Å²) in [7, 11) is 1.81. The molecular formula is C17H18N4O2S. The summed E-state index contributed by atoms with van der Waals surface area (Å²) in [6, 6.07) is 9.29. The molecule has 0 saturated heterocycles. The van der Waals surface area contributed by atoms with E-state index in [0.29, 0.717) is 17.1 Å². The second-order valence-electron chi connectivity index (χ2n) is 5.42. The quantitative estimate of drug-likeness (QED) is 0.718. The van der Waals surface area contributed by atoms with Crippen molar-refractivity contribution in [1.29, 1.82) is 0 Å². The van der Waals surface area contributed by atoms with Crippen molar-refractivity contribution in [2.45, 2.75) is 24.5 Å². The molecule has 0 spiro atoms. The van der Waals surface area contributed by atoms with Gasteiger partial charge in [0.05, 0.1) is 11.3 Å². The number of anilines is 1. The van der Waals surface area contributed by atoms with E-state index in [1.165, 1.54) is 0 Å². The average molecular weight is 342 g/mol. The number of nitrogens with one attached hydrogen (secondary N) is 1. The lowest BCUT2D eigenvalue weighted by atomic mass is 10.2. The lowest BCUT2D eigenvalue weighted by Crippen LogP contribution is -2.13. The molecule has 6 nitrogen and oxygen atoms in total. The van der Waals surface area contributed by atoms with Crippen LogP contribution in [0.15, 0.2) is 45.9 Å². The standard InChI is InChI=1S/C17H18N4O2S/c1-11-14(12(2)23-20-11)10-24-15-7-5-4-6-13(15)17(22)18-16-8-9-21(3)19-16/h4-9H,10H2,1-3H3,(H,18,19,22). The zero-order valence-electron chi connectivity index (χ0n) is 13.7. The van der Waals surface area contributed by atoms with Crippen molar-refractivity contribution in [3.05, 3.63) is 59.1 Å². The molecule has 124 valence electrons. The summed E-state index contributed by atoms with van der Waals surface area (Å²) in [4.78, 5) is 13.4. The molecule has 0 fully saturated rings. The molecule has 2 heterocycles. The Labute approximate surface area is 144 Å². The third-order valence-electron chi connectivity index (χ3n) is 3.64. The average Bonchev–Trinajstić information content (AvgIpc) is 3.11. The number of hydrogen-bond acceptors (Lipinski definition) is 5. The Kier molecular flexibility index (Phi) is 4.71. The van der Waals surface area contributed by atoms with Crippen LogP contribution in [0.2, 0.25) is 0 Å². The van der Waals surface area contributed by atoms with Crippen LogP contribution in [-0.2, 0) is 12.8 Å². The van der Waals surface area contributed by atoms with Gasteiger partial charge in [-0.3, -0.25) is 9.48 Å². The van der Waals surface area contributed by atoms with E-state index in [0.717, 1.165) is 21.9 Å². The van der Waals surface area contributed by atoms with Gasteiger partial charge in [-0.25, -0.2) is 0 Å². The van der Waals surface area contributed by atoms with Gasteiger partial charge in [-0.15, -0.1) is 11.8 Å². The van der Waals surface area contributed by atoms with E-state index >= 15 is 0 Å². The fourth-order valence-electron chi connectivity index (χ4n) is 2.30. The first-order valence-electron chi connectivity index (χ1n) is 7.49. The maximum atomic E-state index is 12.5. The number of hydrogen-bond donors (Lipinski definition) is 1. The summed E-state index contributed by atoms with van der Waals surface area (Å²) < 4.78 is 6.84. The number of amides is 1. The van der Waals surface area contributed by atoms with Crippen LogP contribution in [-0.4, -0.2) is 20.8 Å². The molecule has 0 atom stereocenters. The molecule has 0 bridgehead atoms. The van der Waals surface area contributed by atoms with Crippen LogP contribution in [0.25, 0.3) is 0 Å². The Hall–Kier alpha value is -2.54. The first kappa shape index (κ1) is 16.3. The van der Waals surface area contributed by atoms with Gasteiger partial charge in [-0.2, -0.15) is 5.10 Å². The van der Waals surface area contributed by atoms with Crippen LogP contribution >= 0.6 is 11.8 Å². The molecule has 7 heteroatoms. The van der Waals surface area contributed by atoms with Crippen LogP contribution in [0.1, 0.15) is 27.4 Å². The number of carbonyl (C=O) groups excluding carboxylic acids is 1. The van der Waals surface area contributed by atoms with E-state index in [4.69, 9.17) is 4.52 Å². The maximum absolute atomic E-state index is 12.5. The number of thioether (sulfide) groups is 1. The van der Waals surface area contributed by atoms with E-state index in [2.05, 4.69) is 15.6 Å². The Balaban J connectivity index is 1.76. The highest BCUT2D eigenvalue weighted by atomic mass is 32.2. The predicted octanol–water partition coefficient (Wildman–Crippen LogP) is 3.57. The van der Waals surface area contributed by atoms with Crippen molar-refractivity contribution in [2.75, 3.05) is 5.32 Å².